The van der Waals surface area contributed by atoms with Gasteiger partial charge in [0, 0.05) is 16.7 Å². The molecule has 0 aliphatic heterocycles. The van der Waals surface area contributed by atoms with Gasteiger partial charge in [-0.3, -0.25) is 10.1 Å². The summed E-state index contributed by atoms with van der Waals surface area (Å²) < 4.78 is 10.2. The van der Waals surface area contributed by atoms with Gasteiger partial charge in [0.15, 0.2) is 18.1 Å². The zero-order valence-electron chi connectivity index (χ0n) is 10.1. The molecule has 0 atom stereocenters. The molecule has 0 aliphatic rings. The van der Waals surface area contributed by atoms with Crippen LogP contribution >= 0.6 is 11.6 Å². The number of amides is 3. The Kier molecular flexibility index (Phi) is 5.40. The van der Waals surface area contributed by atoms with Crippen LogP contribution in [0.25, 0.3) is 0 Å². The lowest BCUT2D eigenvalue weighted by Gasteiger charge is -2.14. The van der Waals surface area contributed by atoms with E-state index in [9.17, 15) is 14.7 Å². The molecule has 7 nitrogen and oxygen atoms in total. The minimum Gasteiger partial charge on any atom is -0.493 e. The molecule has 0 spiro atoms. The molecule has 0 aliphatic carbocycles. The fourth-order valence-electron chi connectivity index (χ4n) is 1.37. The molecule has 19 heavy (non-hydrogen) atoms. The number of hydrogen-bond donors (Lipinski definition) is 3. The molecule has 8 heteroatoms. The van der Waals surface area contributed by atoms with Gasteiger partial charge in [-0.15, -0.1) is 0 Å². The molecular weight excluding hydrogens is 276 g/mol. The van der Waals surface area contributed by atoms with E-state index in [0.29, 0.717) is 10.6 Å². The summed E-state index contributed by atoms with van der Waals surface area (Å²) >= 11 is 5.82. The Hall–Kier alpha value is -1.99. The van der Waals surface area contributed by atoms with E-state index in [4.69, 9.17) is 26.8 Å². The first-order valence-corrected chi connectivity index (χ1v) is 5.55. The van der Waals surface area contributed by atoms with Gasteiger partial charge >= 0.3 is 6.03 Å². The molecule has 0 unspecified atom stereocenters. The molecular formula is C11H13ClN2O5. The predicted octanol–water partition coefficient (Wildman–Crippen LogP) is 0.415. The highest BCUT2D eigenvalue weighted by molar-refractivity contribution is 6.30. The van der Waals surface area contributed by atoms with E-state index < -0.39 is 18.5 Å². The maximum absolute atomic E-state index is 11.2. The van der Waals surface area contributed by atoms with E-state index in [0.717, 1.165) is 0 Å². The molecule has 1 aromatic carbocycles. The predicted molar refractivity (Wildman–Crippen MR) is 67.1 cm³/mol. The number of imide groups is 1. The Morgan fingerprint density at radius 1 is 1.47 bits per heavy atom. The van der Waals surface area contributed by atoms with Crippen molar-refractivity contribution >= 4 is 23.5 Å². The van der Waals surface area contributed by atoms with E-state index >= 15 is 0 Å². The highest BCUT2D eigenvalue weighted by Crippen LogP contribution is 2.34. The number of aliphatic hydroxyl groups excluding tert-OH is 1. The Bertz CT molecular complexity index is 467. The fourth-order valence-corrected chi connectivity index (χ4v) is 1.60. The van der Waals surface area contributed by atoms with Gasteiger partial charge in [-0.2, -0.15) is 0 Å². The van der Waals surface area contributed by atoms with Crippen molar-refractivity contribution in [2.75, 3.05) is 13.7 Å². The van der Waals surface area contributed by atoms with Crippen LogP contribution in [0.5, 0.6) is 11.5 Å². The third kappa shape index (κ3) is 4.31. The van der Waals surface area contributed by atoms with Crippen LogP contribution in [0.3, 0.4) is 0 Å². The number of ether oxygens (including phenoxy) is 2. The Labute approximate surface area is 114 Å². The number of carbonyl (C=O) groups excluding carboxylic acids is 2. The number of carbonyl (C=O) groups is 2. The number of rotatable bonds is 5. The van der Waals surface area contributed by atoms with Crippen LogP contribution in [0, 0.1) is 0 Å². The first-order chi connectivity index (χ1) is 8.97. The molecule has 0 aromatic heterocycles. The van der Waals surface area contributed by atoms with Crippen molar-refractivity contribution in [2.24, 2.45) is 5.73 Å². The zero-order chi connectivity index (χ0) is 14.4. The molecule has 0 heterocycles. The number of halogens is 1. The highest BCUT2D eigenvalue weighted by atomic mass is 35.5. The van der Waals surface area contributed by atoms with Gasteiger partial charge in [0.05, 0.1) is 13.7 Å². The zero-order valence-corrected chi connectivity index (χ0v) is 10.9. The number of nitrogens with one attached hydrogen (secondary N) is 1. The van der Waals surface area contributed by atoms with Crippen molar-refractivity contribution in [1.82, 2.24) is 5.32 Å². The third-order valence-corrected chi connectivity index (χ3v) is 2.32. The van der Waals surface area contributed by atoms with Gasteiger partial charge in [0.2, 0.25) is 0 Å². The quantitative estimate of drug-likeness (QED) is 0.727. The normalized spacial score (nSPS) is 9.84. The van der Waals surface area contributed by atoms with Gasteiger partial charge in [0.25, 0.3) is 5.91 Å². The van der Waals surface area contributed by atoms with Crippen molar-refractivity contribution in [3.8, 4) is 11.5 Å². The number of aliphatic hydroxyl groups is 1. The molecule has 4 N–H and O–H groups in total. The molecule has 0 saturated carbocycles. The minimum absolute atomic E-state index is 0.175. The van der Waals surface area contributed by atoms with Crippen LogP contribution in [0.1, 0.15) is 5.56 Å². The molecule has 104 valence electrons. The highest BCUT2D eigenvalue weighted by Gasteiger charge is 2.14. The largest absolute Gasteiger partial charge is 0.493 e. The first kappa shape index (κ1) is 15.1. The lowest BCUT2D eigenvalue weighted by atomic mass is 10.2. The second kappa shape index (κ2) is 6.81. The summed E-state index contributed by atoms with van der Waals surface area (Å²) in [6.45, 7) is -0.794. The van der Waals surface area contributed by atoms with Crippen LogP contribution in [0.15, 0.2) is 12.1 Å². The van der Waals surface area contributed by atoms with E-state index in [1.54, 1.807) is 0 Å². The number of hydrogen-bond acceptors (Lipinski definition) is 5. The maximum atomic E-state index is 11.2. The van der Waals surface area contributed by atoms with Crippen molar-refractivity contribution in [1.29, 1.82) is 0 Å². The summed E-state index contributed by atoms with van der Waals surface area (Å²) in [5, 5.41) is 11.4. The summed E-state index contributed by atoms with van der Waals surface area (Å²) in [4.78, 5) is 21.7. The van der Waals surface area contributed by atoms with Gasteiger partial charge < -0.3 is 20.3 Å². The van der Waals surface area contributed by atoms with Crippen molar-refractivity contribution in [2.45, 2.75) is 6.61 Å². The van der Waals surface area contributed by atoms with Crippen molar-refractivity contribution < 1.29 is 24.2 Å². The summed E-state index contributed by atoms with van der Waals surface area (Å²) in [7, 11) is 1.39. The third-order valence-electron chi connectivity index (χ3n) is 2.10. The fraction of sp³-hybridized carbons (Fsp3) is 0.273. The van der Waals surface area contributed by atoms with Gasteiger partial charge in [-0.05, 0) is 6.07 Å². The Morgan fingerprint density at radius 3 is 2.68 bits per heavy atom. The number of urea groups is 1. The average molecular weight is 289 g/mol. The smallest absolute Gasteiger partial charge is 0.318 e. The van der Waals surface area contributed by atoms with Crippen molar-refractivity contribution in [3.63, 3.8) is 0 Å². The first-order valence-electron chi connectivity index (χ1n) is 5.17. The molecule has 1 rings (SSSR count). The molecule has 3 amide bonds. The van der Waals surface area contributed by atoms with E-state index in [-0.39, 0.29) is 18.1 Å². The van der Waals surface area contributed by atoms with Crippen LogP contribution in [0.4, 0.5) is 4.79 Å². The van der Waals surface area contributed by atoms with Gasteiger partial charge in [-0.25, -0.2) is 4.79 Å². The monoisotopic (exact) mass is 288 g/mol. The Morgan fingerprint density at radius 2 is 2.16 bits per heavy atom. The molecule has 0 saturated heterocycles. The topological polar surface area (TPSA) is 111 Å². The average Bonchev–Trinajstić information content (AvgIpc) is 2.35. The summed E-state index contributed by atoms with van der Waals surface area (Å²) in [5.74, 6) is -0.272. The van der Waals surface area contributed by atoms with Crippen LogP contribution in [-0.2, 0) is 11.4 Å². The van der Waals surface area contributed by atoms with E-state index in [1.807, 2.05) is 5.32 Å². The minimum atomic E-state index is -0.973. The molecule has 0 bridgehead atoms. The number of primary amides is 1. The molecule has 0 radical (unpaired) electrons. The van der Waals surface area contributed by atoms with Crippen LogP contribution in [0.2, 0.25) is 5.02 Å². The lowest BCUT2D eigenvalue weighted by Crippen LogP contribution is -2.38. The standard InChI is InChI=1S/C11H13ClN2O5/c1-18-8-3-7(12)2-6(4-15)10(8)19-5-9(16)14-11(13)17/h2-3,15H,4-5H2,1H3,(H3,13,14,16,17). The van der Waals surface area contributed by atoms with Gasteiger partial charge in [0.1, 0.15) is 0 Å². The second-order valence-electron chi connectivity index (χ2n) is 3.46. The molecule has 0 fully saturated rings. The number of nitrogens with two attached hydrogens (primary N) is 1. The number of methoxy groups -OCH3 is 1. The summed E-state index contributed by atoms with van der Waals surface area (Å²) in [5.41, 5.74) is 5.14. The van der Waals surface area contributed by atoms with E-state index in [1.165, 1.54) is 19.2 Å². The van der Waals surface area contributed by atoms with Crippen LogP contribution in [-0.4, -0.2) is 30.8 Å². The van der Waals surface area contributed by atoms with Gasteiger partial charge in [-0.1, -0.05) is 11.6 Å². The lowest BCUT2D eigenvalue weighted by molar-refractivity contribution is -0.121. The Balaban J connectivity index is 2.87. The number of benzene rings is 1. The summed E-state index contributed by atoms with van der Waals surface area (Å²) in [6, 6.07) is 1.98. The maximum Gasteiger partial charge on any atom is 0.318 e. The molecule has 1 aromatic rings. The second-order valence-corrected chi connectivity index (χ2v) is 3.89. The SMILES string of the molecule is COc1cc(Cl)cc(CO)c1OCC(=O)NC(N)=O. The summed E-state index contributed by atoms with van der Waals surface area (Å²) in [6.07, 6.45) is 0. The van der Waals surface area contributed by atoms with E-state index in [2.05, 4.69) is 0 Å². The van der Waals surface area contributed by atoms with Crippen LogP contribution < -0.4 is 20.5 Å². The van der Waals surface area contributed by atoms with Crippen molar-refractivity contribution in [3.05, 3.63) is 22.7 Å².